The lowest BCUT2D eigenvalue weighted by Crippen LogP contribution is -2.07. The molecule has 1 aromatic heterocycles. The van der Waals surface area contributed by atoms with Crippen LogP contribution in [0.5, 0.6) is 0 Å². The number of nitrogens with zero attached hydrogens (tertiary/aromatic N) is 2. The first-order valence-electron chi connectivity index (χ1n) is 8.91. The Labute approximate surface area is 162 Å². The number of hydrogen-bond acceptors (Lipinski definition) is 6. The maximum absolute atomic E-state index is 13.0. The fraction of sp³-hybridized carbons (Fsp3) is 0.190. The number of benzene rings is 2. The van der Waals surface area contributed by atoms with E-state index < -0.39 is 0 Å². The van der Waals surface area contributed by atoms with Gasteiger partial charge in [-0.25, -0.2) is 14.2 Å². The summed E-state index contributed by atoms with van der Waals surface area (Å²) in [6.07, 6.45) is 0. The highest BCUT2D eigenvalue weighted by Crippen LogP contribution is 2.18. The molecule has 3 aromatic rings. The van der Waals surface area contributed by atoms with Gasteiger partial charge < -0.3 is 15.4 Å². The van der Waals surface area contributed by atoms with Crippen LogP contribution in [0.3, 0.4) is 0 Å². The van der Waals surface area contributed by atoms with Crippen molar-refractivity contribution in [3.8, 4) is 0 Å². The molecule has 0 aliphatic rings. The molecule has 0 radical (unpaired) electrons. The second kappa shape index (κ2) is 8.94. The van der Waals surface area contributed by atoms with Crippen LogP contribution in [0, 0.1) is 12.7 Å². The van der Waals surface area contributed by atoms with Crippen LogP contribution in [0.25, 0.3) is 0 Å². The molecule has 0 amide bonds. The minimum atomic E-state index is -0.348. The van der Waals surface area contributed by atoms with Crippen LogP contribution < -0.4 is 10.6 Å². The Kier molecular flexibility index (Phi) is 6.16. The average molecular weight is 380 g/mol. The Hall–Kier alpha value is -3.48. The standard InChI is InChI=1S/C21H21FN4O2/c1-3-28-20(27)16-6-10-18(11-7-16)25-19-12-14(2)24-21(26-19)23-13-15-4-8-17(22)9-5-15/h4-12H,3,13H2,1-2H3,(H2,23,24,25,26). The molecule has 0 aliphatic carbocycles. The fourth-order valence-corrected chi connectivity index (χ4v) is 2.55. The van der Waals surface area contributed by atoms with Gasteiger partial charge in [0.05, 0.1) is 12.2 Å². The molecule has 144 valence electrons. The van der Waals surface area contributed by atoms with Crippen LogP contribution in [-0.4, -0.2) is 22.5 Å². The third kappa shape index (κ3) is 5.26. The molecule has 2 N–H and O–H groups in total. The number of anilines is 3. The van der Waals surface area contributed by atoms with Crippen molar-refractivity contribution in [1.29, 1.82) is 0 Å². The molecule has 3 rings (SSSR count). The predicted octanol–water partition coefficient (Wildman–Crippen LogP) is 4.46. The summed E-state index contributed by atoms with van der Waals surface area (Å²) in [7, 11) is 0. The number of hydrogen-bond donors (Lipinski definition) is 2. The van der Waals surface area contributed by atoms with Gasteiger partial charge in [-0.05, 0) is 55.8 Å². The Bertz CT molecular complexity index is 944. The molecular formula is C21H21FN4O2. The van der Waals surface area contributed by atoms with Crippen LogP contribution in [-0.2, 0) is 11.3 Å². The number of aromatic nitrogens is 2. The largest absolute Gasteiger partial charge is 0.462 e. The van der Waals surface area contributed by atoms with Crippen molar-refractivity contribution in [2.45, 2.75) is 20.4 Å². The first-order valence-corrected chi connectivity index (χ1v) is 8.91. The van der Waals surface area contributed by atoms with E-state index >= 15 is 0 Å². The van der Waals surface area contributed by atoms with E-state index in [0.717, 1.165) is 16.9 Å². The summed E-state index contributed by atoms with van der Waals surface area (Å²) in [5.74, 6) is 0.475. The van der Waals surface area contributed by atoms with E-state index in [1.807, 2.05) is 13.0 Å². The highest BCUT2D eigenvalue weighted by Gasteiger charge is 2.07. The van der Waals surface area contributed by atoms with Gasteiger partial charge in [0.15, 0.2) is 0 Å². The van der Waals surface area contributed by atoms with Crippen LogP contribution in [0.2, 0.25) is 0 Å². The second-order valence-corrected chi connectivity index (χ2v) is 6.12. The zero-order chi connectivity index (χ0) is 19.9. The molecule has 28 heavy (non-hydrogen) atoms. The highest BCUT2D eigenvalue weighted by molar-refractivity contribution is 5.89. The van der Waals surface area contributed by atoms with E-state index in [-0.39, 0.29) is 11.8 Å². The third-order valence-electron chi connectivity index (χ3n) is 3.89. The molecule has 0 spiro atoms. The maximum atomic E-state index is 13.0. The number of carbonyl (C=O) groups excluding carboxylic acids is 1. The van der Waals surface area contributed by atoms with Crippen LogP contribution >= 0.6 is 0 Å². The third-order valence-corrected chi connectivity index (χ3v) is 3.89. The number of aryl methyl sites for hydroxylation is 1. The smallest absolute Gasteiger partial charge is 0.338 e. The summed E-state index contributed by atoms with van der Waals surface area (Å²) >= 11 is 0. The van der Waals surface area contributed by atoms with Gasteiger partial charge in [-0.2, -0.15) is 4.98 Å². The normalized spacial score (nSPS) is 10.4. The molecule has 2 aromatic carbocycles. The van der Waals surface area contributed by atoms with E-state index in [0.29, 0.717) is 30.5 Å². The van der Waals surface area contributed by atoms with Gasteiger partial charge in [-0.1, -0.05) is 12.1 Å². The van der Waals surface area contributed by atoms with Crippen LogP contribution in [0.4, 0.5) is 21.8 Å². The zero-order valence-electron chi connectivity index (χ0n) is 15.7. The van der Waals surface area contributed by atoms with Crippen molar-refractivity contribution >= 4 is 23.4 Å². The number of esters is 1. The quantitative estimate of drug-likeness (QED) is 0.590. The summed E-state index contributed by atoms with van der Waals surface area (Å²) in [4.78, 5) is 20.5. The summed E-state index contributed by atoms with van der Waals surface area (Å²) in [5.41, 5.74) is 3.00. The van der Waals surface area contributed by atoms with Crippen LogP contribution in [0.1, 0.15) is 28.5 Å². The Morgan fingerprint density at radius 1 is 1.07 bits per heavy atom. The molecule has 0 bridgehead atoms. The van der Waals surface area contributed by atoms with Crippen molar-refractivity contribution in [1.82, 2.24) is 9.97 Å². The Morgan fingerprint density at radius 3 is 2.46 bits per heavy atom. The van der Waals surface area contributed by atoms with Crippen molar-refractivity contribution in [3.05, 3.63) is 77.2 Å². The summed E-state index contributed by atoms with van der Waals surface area (Å²) in [5, 5.41) is 6.34. The van der Waals surface area contributed by atoms with Gasteiger partial charge >= 0.3 is 5.97 Å². The van der Waals surface area contributed by atoms with Crippen molar-refractivity contribution in [2.24, 2.45) is 0 Å². The molecule has 0 unspecified atom stereocenters. The number of carbonyl (C=O) groups is 1. The molecule has 6 nitrogen and oxygen atoms in total. The van der Waals surface area contributed by atoms with Gasteiger partial charge in [0, 0.05) is 24.0 Å². The molecule has 1 heterocycles. The minimum Gasteiger partial charge on any atom is -0.462 e. The summed E-state index contributed by atoms with van der Waals surface area (Å²) < 4.78 is 18.0. The lowest BCUT2D eigenvalue weighted by atomic mass is 10.2. The highest BCUT2D eigenvalue weighted by atomic mass is 19.1. The molecule has 0 saturated carbocycles. The topological polar surface area (TPSA) is 76.1 Å². The molecule has 0 fully saturated rings. The van der Waals surface area contributed by atoms with E-state index in [1.54, 1.807) is 43.3 Å². The van der Waals surface area contributed by atoms with Gasteiger partial charge in [-0.15, -0.1) is 0 Å². The van der Waals surface area contributed by atoms with Crippen LogP contribution in [0.15, 0.2) is 54.6 Å². The average Bonchev–Trinajstić information content (AvgIpc) is 2.68. The first kappa shape index (κ1) is 19.3. The van der Waals surface area contributed by atoms with E-state index in [2.05, 4.69) is 20.6 Å². The molecule has 0 aliphatic heterocycles. The lowest BCUT2D eigenvalue weighted by molar-refractivity contribution is 0.0526. The van der Waals surface area contributed by atoms with E-state index in [9.17, 15) is 9.18 Å². The SMILES string of the molecule is CCOC(=O)c1ccc(Nc2cc(C)nc(NCc3ccc(F)cc3)n2)cc1. The first-order chi connectivity index (χ1) is 13.5. The van der Waals surface area contributed by atoms with Gasteiger partial charge in [0.2, 0.25) is 5.95 Å². The monoisotopic (exact) mass is 380 g/mol. The lowest BCUT2D eigenvalue weighted by Gasteiger charge is -2.10. The van der Waals surface area contributed by atoms with Crippen molar-refractivity contribution in [2.75, 3.05) is 17.2 Å². The van der Waals surface area contributed by atoms with Gasteiger partial charge in [0.1, 0.15) is 11.6 Å². The number of ether oxygens (including phenoxy) is 1. The number of nitrogens with one attached hydrogen (secondary N) is 2. The van der Waals surface area contributed by atoms with Crippen molar-refractivity contribution in [3.63, 3.8) is 0 Å². The number of halogens is 1. The minimum absolute atomic E-state index is 0.268. The fourth-order valence-electron chi connectivity index (χ4n) is 2.55. The summed E-state index contributed by atoms with van der Waals surface area (Å²) in [6, 6.07) is 15.0. The van der Waals surface area contributed by atoms with Gasteiger partial charge in [-0.3, -0.25) is 0 Å². The molecule has 0 saturated heterocycles. The Morgan fingerprint density at radius 2 is 1.79 bits per heavy atom. The molecule has 0 atom stereocenters. The number of rotatable bonds is 7. The predicted molar refractivity (Wildman–Crippen MR) is 106 cm³/mol. The summed E-state index contributed by atoms with van der Waals surface area (Å²) in [6.45, 7) is 4.47. The Balaban J connectivity index is 1.67. The van der Waals surface area contributed by atoms with Gasteiger partial charge in [0.25, 0.3) is 0 Å². The van der Waals surface area contributed by atoms with E-state index in [4.69, 9.17) is 4.74 Å². The van der Waals surface area contributed by atoms with Crippen molar-refractivity contribution < 1.29 is 13.9 Å². The van der Waals surface area contributed by atoms with E-state index in [1.165, 1.54) is 12.1 Å². The maximum Gasteiger partial charge on any atom is 0.338 e. The second-order valence-electron chi connectivity index (χ2n) is 6.12. The molecular weight excluding hydrogens is 359 g/mol. The zero-order valence-corrected chi connectivity index (χ0v) is 15.7. The molecule has 7 heteroatoms.